The average Bonchev–Trinajstić information content (AvgIpc) is 2.61. The van der Waals surface area contributed by atoms with Crippen LogP contribution in [0.3, 0.4) is 0 Å². The fraction of sp³-hybridized carbons (Fsp3) is 0.417. The van der Waals surface area contributed by atoms with Gasteiger partial charge in [0.1, 0.15) is 5.76 Å². The summed E-state index contributed by atoms with van der Waals surface area (Å²) in [5.41, 5.74) is 1.09. The summed E-state index contributed by atoms with van der Waals surface area (Å²) < 4.78 is 5.18. The first kappa shape index (κ1) is 12.3. The summed E-state index contributed by atoms with van der Waals surface area (Å²) in [6, 6.07) is 1.91. The molecule has 16 heavy (non-hydrogen) atoms. The van der Waals surface area contributed by atoms with Gasteiger partial charge in [0.15, 0.2) is 0 Å². The molecule has 1 aromatic heterocycles. The number of carbonyl (C=O) groups is 1. The second-order valence-electron chi connectivity index (χ2n) is 3.66. The lowest BCUT2D eigenvalue weighted by atomic mass is 10.2. The maximum Gasteiger partial charge on any atom is 0.234 e. The number of hydrogen-bond donors (Lipinski definition) is 1. The molecule has 86 valence electrons. The molecule has 0 aromatic carbocycles. The molecule has 0 atom stereocenters. The zero-order valence-corrected chi connectivity index (χ0v) is 9.62. The monoisotopic (exact) mass is 220 g/mol. The van der Waals surface area contributed by atoms with Gasteiger partial charge in [-0.2, -0.15) is 0 Å². The Morgan fingerprint density at radius 3 is 3.00 bits per heavy atom. The van der Waals surface area contributed by atoms with Gasteiger partial charge in [0.05, 0.1) is 19.4 Å². The van der Waals surface area contributed by atoms with E-state index in [0.717, 1.165) is 11.3 Å². The first-order valence-corrected chi connectivity index (χ1v) is 5.05. The van der Waals surface area contributed by atoms with Gasteiger partial charge in [-0.25, -0.2) is 0 Å². The lowest BCUT2D eigenvalue weighted by molar-refractivity contribution is -0.121. The van der Waals surface area contributed by atoms with Crippen LogP contribution in [0.5, 0.6) is 0 Å². The molecule has 1 amide bonds. The summed E-state index contributed by atoms with van der Waals surface area (Å²) >= 11 is 0. The fourth-order valence-corrected chi connectivity index (χ4v) is 1.37. The van der Waals surface area contributed by atoms with E-state index in [4.69, 9.17) is 10.8 Å². The Labute approximate surface area is 95.6 Å². The molecule has 0 aliphatic rings. The Morgan fingerprint density at radius 2 is 2.44 bits per heavy atom. The summed E-state index contributed by atoms with van der Waals surface area (Å²) in [4.78, 5) is 13.3. The van der Waals surface area contributed by atoms with E-state index < -0.39 is 0 Å². The van der Waals surface area contributed by atoms with Gasteiger partial charge in [0.25, 0.3) is 0 Å². The highest BCUT2D eigenvalue weighted by atomic mass is 16.3. The van der Waals surface area contributed by atoms with Crippen molar-refractivity contribution in [2.75, 3.05) is 20.1 Å². The Balaban J connectivity index is 2.37. The molecule has 0 aliphatic carbocycles. The van der Waals surface area contributed by atoms with Crippen LogP contribution in [0, 0.1) is 19.3 Å². The van der Waals surface area contributed by atoms with E-state index in [1.165, 1.54) is 0 Å². The molecule has 0 saturated heterocycles. The largest absolute Gasteiger partial charge is 0.469 e. The second kappa shape index (κ2) is 5.99. The standard InChI is InChI=1S/C12H16N2O2/c1-4-6-13-12(15)9-14(3)8-11-5-7-16-10(11)2/h1,5,7H,6,8-9H2,2-3H3,(H,13,15). The van der Waals surface area contributed by atoms with Crippen molar-refractivity contribution in [2.24, 2.45) is 0 Å². The Hall–Kier alpha value is -1.73. The number of hydrogen-bond acceptors (Lipinski definition) is 3. The molecule has 0 unspecified atom stereocenters. The van der Waals surface area contributed by atoms with Gasteiger partial charge < -0.3 is 9.73 Å². The summed E-state index contributed by atoms with van der Waals surface area (Å²) in [5, 5.41) is 2.62. The number of nitrogens with one attached hydrogen (secondary N) is 1. The van der Waals surface area contributed by atoms with Crippen molar-refractivity contribution in [1.29, 1.82) is 0 Å². The highest BCUT2D eigenvalue weighted by Crippen LogP contribution is 2.10. The van der Waals surface area contributed by atoms with E-state index in [1.807, 2.05) is 24.9 Å². The van der Waals surface area contributed by atoms with E-state index in [-0.39, 0.29) is 12.5 Å². The number of amides is 1. The fourth-order valence-electron chi connectivity index (χ4n) is 1.37. The van der Waals surface area contributed by atoms with Crippen molar-refractivity contribution < 1.29 is 9.21 Å². The van der Waals surface area contributed by atoms with Crippen LogP contribution in [0.15, 0.2) is 16.7 Å². The number of likely N-dealkylation sites (N-methyl/N-ethyl adjacent to an activating group) is 1. The van der Waals surface area contributed by atoms with Gasteiger partial charge in [0, 0.05) is 12.1 Å². The van der Waals surface area contributed by atoms with Crippen LogP contribution in [0.1, 0.15) is 11.3 Å². The lowest BCUT2D eigenvalue weighted by Gasteiger charge is -2.15. The van der Waals surface area contributed by atoms with Gasteiger partial charge >= 0.3 is 0 Å². The normalized spacial score (nSPS) is 10.1. The molecule has 0 radical (unpaired) electrons. The first-order chi connectivity index (χ1) is 7.63. The molecule has 0 aliphatic heterocycles. The summed E-state index contributed by atoms with van der Waals surface area (Å²) in [6.45, 7) is 3.19. The predicted octanol–water partition coefficient (Wildman–Crippen LogP) is 0.769. The third-order valence-electron chi connectivity index (χ3n) is 2.21. The molecule has 0 fully saturated rings. The highest BCUT2D eigenvalue weighted by molar-refractivity contribution is 5.78. The van der Waals surface area contributed by atoms with Crippen molar-refractivity contribution in [3.05, 3.63) is 23.7 Å². The molecule has 0 spiro atoms. The van der Waals surface area contributed by atoms with Crippen molar-refractivity contribution in [1.82, 2.24) is 10.2 Å². The van der Waals surface area contributed by atoms with Crippen LogP contribution in [-0.4, -0.2) is 30.9 Å². The van der Waals surface area contributed by atoms with E-state index in [9.17, 15) is 4.79 Å². The average molecular weight is 220 g/mol. The first-order valence-electron chi connectivity index (χ1n) is 5.05. The minimum Gasteiger partial charge on any atom is -0.469 e. The lowest BCUT2D eigenvalue weighted by Crippen LogP contribution is -2.35. The maximum atomic E-state index is 11.4. The molecule has 1 rings (SSSR count). The van der Waals surface area contributed by atoms with Crippen LogP contribution < -0.4 is 5.32 Å². The number of furan rings is 1. The van der Waals surface area contributed by atoms with Gasteiger partial charge in [-0.05, 0) is 20.0 Å². The summed E-state index contributed by atoms with van der Waals surface area (Å²) in [7, 11) is 1.88. The molecule has 1 N–H and O–H groups in total. The predicted molar refractivity (Wildman–Crippen MR) is 61.6 cm³/mol. The van der Waals surface area contributed by atoms with Crippen molar-refractivity contribution in [2.45, 2.75) is 13.5 Å². The molecule has 1 heterocycles. The molecule has 4 heteroatoms. The topological polar surface area (TPSA) is 45.5 Å². The van der Waals surface area contributed by atoms with Crippen LogP contribution in [-0.2, 0) is 11.3 Å². The molecule has 0 saturated carbocycles. The molecule has 4 nitrogen and oxygen atoms in total. The van der Waals surface area contributed by atoms with Crippen LogP contribution >= 0.6 is 0 Å². The van der Waals surface area contributed by atoms with E-state index in [0.29, 0.717) is 13.1 Å². The Morgan fingerprint density at radius 1 is 1.69 bits per heavy atom. The minimum atomic E-state index is -0.0680. The van der Waals surface area contributed by atoms with E-state index >= 15 is 0 Å². The Bertz CT molecular complexity index is 390. The van der Waals surface area contributed by atoms with Crippen LogP contribution in [0.2, 0.25) is 0 Å². The van der Waals surface area contributed by atoms with Gasteiger partial charge in [-0.1, -0.05) is 5.92 Å². The number of nitrogens with zero attached hydrogens (tertiary/aromatic N) is 1. The van der Waals surface area contributed by atoms with E-state index in [2.05, 4.69) is 11.2 Å². The molecular formula is C12H16N2O2. The third kappa shape index (κ3) is 3.79. The smallest absolute Gasteiger partial charge is 0.234 e. The third-order valence-corrected chi connectivity index (χ3v) is 2.21. The van der Waals surface area contributed by atoms with Gasteiger partial charge in [0.2, 0.25) is 5.91 Å². The number of carbonyl (C=O) groups excluding carboxylic acids is 1. The maximum absolute atomic E-state index is 11.4. The van der Waals surface area contributed by atoms with Gasteiger partial charge in [-0.15, -0.1) is 6.42 Å². The second-order valence-corrected chi connectivity index (χ2v) is 3.66. The van der Waals surface area contributed by atoms with E-state index in [1.54, 1.807) is 6.26 Å². The molecule has 0 bridgehead atoms. The summed E-state index contributed by atoms with van der Waals surface area (Å²) in [6.07, 6.45) is 6.70. The highest BCUT2D eigenvalue weighted by Gasteiger charge is 2.08. The number of rotatable bonds is 5. The van der Waals surface area contributed by atoms with Crippen LogP contribution in [0.25, 0.3) is 0 Å². The van der Waals surface area contributed by atoms with Crippen molar-refractivity contribution in [3.8, 4) is 12.3 Å². The number of aryl methyl sites for hydroxylation is 1. The Kier molecular flexibility index (Phi) is 4.62. The van der Waals surface area contributed by atoms with Crippen molar-refractivity contribution in [3.63, 3.8) is 0 Å². The quantitative estimate of drug-likeness (QED) is 0.745. The van der Waals surface area contributed by atoms with Gasteiger partial charge in [-0.3, -0.25) is 9.69 Å². The zero-order valence-electron chi connectivity index (χ0n) is 9.62. The molecule has 1 aromatic rings. The number of terminal acetylenes is 1. The summed E-state index contributed by atoms with van der Waals surface area (Å²) in [5.74, 6) is 3.18. The zero-order chi connectivity index (χ0) is 12.0. The van der Waals surface area contributed by atoms with Crippen LogP contribution in [0.4, 0.5) is 0 Å². The van der Waals surface area contributed by atoms with Crippen molar-refractivity contribution >= 4 is 5.91 Å². The minimum absolute atomic E-state index is 0.0680. The molecular weight excluding hydrogens is 204 g/mol. The SMILES string of the molecule is C#CCNC(=O)CN(C)Cc1ccoc1C.